The monoisotopic (exact) mass is 339 g/mol. The van der Waals surface area contributed by atoms with Gasteiger partial charge in [-0.1, -0.05) is 29.8 Å². The highest BCUT2D eigenvalue weighted by atomic mass is 35.5. The number of halogens is 1. The van der Waals surface area contributed by atoms with Crippen molar-refractivity contribution in [2.24, 2.45) is 0 Å². The number of sulfonamides is 1. The van der Waals surface area contributed by atoms with Gasteiger partial charge in [0, 0.05) is 24.7 Å². The number of carbonyl (C=O) groups is 1. The maximum atomic E-state index is 12.4. The van der Waals surface area contributed by atoms with E-state index in [0.29, 0.717) is 10.6 Å². The minimum atomic E-state index is -3.71. The Balaban J connectivity index is 2.81. The molecule has 0 bridgehead atoms. The van der Waals surface area contributed by atoms with Crippen LogP contribution >= 0.6 is 11.6 Å². The molecule has 5 nitrogen and oxygen atoms in total. The molecule has 0 heterocycles. The molecule has 0 aliphatic carbocycles. The lowest BCUT2D eigenvalue weighted by Crippen LogP contribution is -2.23. The Bertz CT molecular complexity index is 831. The number of aromatic carboxylic acids is 1. The fourth-order valence-corrected chi connectivity index (χ4v) is 3.31. The van der Waals surface area contributed by atoms with Crippen LogP contribution in [-0.4, -0.2) is 37.9 Å². The van der Waals surface area contributed by atoms with Crippen LogP contribution in [0.1, 0.15) is 10.4 Å². The minimum absolute atomic E-state index is 0.00851. The Hall–Kier alpha value is -1.89. The first-order valence-electron chi connectivity index (χ1n) is 6.30. The average Bonchev–Trinajstić information content (AvgIpc) is 2.46. The number of hydrogen-bond acceptors (Lipinski definition) is 3. The molecule has 0 saturated heterocycles. The van der Waals surface area contributed by atoms with E-state index in [-0.39, 0.29) is 16.0 Å². The van der Waals surface area contributed by atoms with Gasteiger partial charge in [0.1, 0.15) is 0 Å². The number of carboxylic acids is 1. The van der Waals surface area contributed by atoms with E-state index in [0.717, 1.165) is 4.31 Å². The second kappa shape index (κ2) is 6.08. The summed E-state index contributed by atoms with van der Waals surface area (Å²) in [5.74, 6) is -1.15. The molecule has 7 heteroatoms. The van der Waals surface area contributed by atoms with Crippen LogP contribution in [0.5, 0.6) is 0 Å². The topological polar surface area (TPSA) is 74.7 Å². The Morgan fingerprint density at radius 2 is 1.73 bits per heavy atom. The molecule has 0 fully saturated rings. The number of nitrogens with zero attached hydrogens (tertiary/aromatic N) is 1. The van der Waals surface area contributed by atoms with Crippen LogP contribution in [-0.2, 0) is 10.0 Å². The van der Waals surface area contributed by atoms with Gasteiger partial charge in [0.05, 0.1) is 10.5 Å². The summed E-state index contributed by atoms with van der Waals surface area (Å²) in [4.78, 5) is 11.4. The predicted octanol–water partition coefficient (Wildman–Crippen LogP) is 2.96. The molecule has 0 aliphatic heterocycles. The number of hydrogen-bond donors (Lipinski definition) is 1. The van der Waals surface area contributed by atoms with Gasteiger partial charge in [0.15, 0.2) is 0 Å². The third-order valence-corrected chi connectivity index (χ3v) is 5.26. The maximum absolute atomic E-state index is 12.4. The molecule has 0 amide bonds. The highest BCUT2D eigenvalue weighted by molar-refractivity contribution is 7.89. The van der Waals surface area contributed by atoms with Crippen molar-refractivity contribution < 1.29 is 18.3 Å². The molecular weight excluding hydrogens is 326 g/mol. The van der Waals surface area contributed by atoms with Crippen LogP contribution in [0, 0.1) is 0 Å². The summed E-state index contributed by atoms with van der Waals surface area (Å²) in [5, 5.41) is 9.65. The van der Waals surface area contributed by atoms with Gasteiger partial charge in [-0.25, -0.2) is 17.5 Å². The first-order valence-corrected chi connectivity index (χ1v) is 8.11. The van der Waals surface area contributed by atoms with Crippen molar-refractivity contribution in [2.45, 2.75) is 4.90 Å². The van der Waals surface area contributed by atoms with E-state index in [2.05, 4.69) is 0 Å². The molecule has 0 unspecified atom stereocenters. The number of carboxylic acid groups (broad SMARTS) is 1. The Morgan fingerprint density at radius 3 is 2.32 bits per heavy atom. The van der Waals surface area contributed by atoms with Crippen molar-refractivity contribution in [1.29, 1.82) is 0 Å². The quantitative estimate of drug-likeness (QED) is 0.929. The van der Waals surface area contributed by atoms with Gasteiger partial charge >= 0.3 is 5.97 Å². The van der Waals surface area contributed by atoms with Crippen molar-refractivity contribution in [3.05, 3.63) is 53.1 Å². The second-order valence-electron chi connectivity index (χ2n) is 4.78. The van der Waals surface area contributed by atoms with Crippen molar-refractivity contribution in [3.63, 3.8) is 0 Å². The van der Waals surface area contributed by atoms with Crippen molar-refractivity contribution in [1.82, 2.24) is 4.31 Å². The van der Waals surface area contributed by atoms with Crippen LogP contribution in [0.4, 0.5) is 0 Å². The molecule has 2 aromatic rings. The lowest BCUT2D eigenvalue weighted by Gasteiger charge is -2.16. The van der Waals surface area contributed by atoms with Crippen molar-refractivity contribution in [2.75, 3.05) is 14.1 Å². The zero-order chi connectivity index (χ0) is 16.5. The summed E-state index contributed by atoms with van der Waals surface area (Å²) < 4.78 is 26.0. The smallest absolute Gasteiger partial charge is 0.336 e. The van der Waals surface area contributed by atoms with Gasteiger partial charge in [-0.2, -0.15) is 0 Å². The molecule has 116 valence electrons. The van der Waals surface area contributed by atoms with Crippen molar-refractivity contribution >= 4 is 27.6 Å². The van der Waals surface area contributed by atoms with Gasteiger partial charge in [-0.3, -0.25) is 0 Å². The molecule has 0 atom stereocenters. The zero-order valence-corrected chi connectivity index (χ0v) is 13.5. The SMILES string of the molecule is CN(C)S(=O)(=O)c1ccccc1-c1cc(Cl)ccc1C(=O)O. The lowest BCUT2D eigenvalue weighted by atomic mass is 10.00. The standard InChI is InChI=1S/C15H14ClNO4S/c1-17(2)22(20,21)14-6-4-3-5-11(14)13-9-10(16)7-8-12(13)15(18)19/h3-9H,1-2H3,(H,18,19). The maximum Gasteiger partial charge on any atom is 0.336 e. The van der Waals surface area contributed by atoms with Gasteiger partial charge in [0.25, 0.3) is 0 Å². The molecular formula is C15H14ClNO4S. The van der Waals surface area contributed by atoms with E-state index >= 15 is 0 Å². The van der Waals surface area contributed by atoms with Crippen LogP contribution in [0.15, 0.2) is 47.4 Å². The van der Waals surface area contributed by atoms with E-state index in [4.69, 9.17) is 11.6 Å². The average molecular weight is 340 g/mol. The minimum Gasteiger partial charge on any atom is -0.478 e. The Morgan fingerprint density at radius 1 is 1.09 bits per heavy atom. The fraction of sp³-hybridized carbons (Fsp3) is 0.133. The van der Waals surface area contributed by atoms with Crippen LogP contribution < -0.4 is 0 Å². The molecule has 0 spiro atoms. The van der Waals surface area contributed by atoms with Gasteiger partial charge in [-0.05, 0) is 29.8 Å². The molecule has 0 saturated carbocycles. The highest BCUT2D eigenvalue weighted by Gasteiger charge is 2.24. The predicted molar refractivity (Wildman–Crippen MR) is 84.7 cm³/mol. The largest absolute Gasteiger partial charge is 0.478 e. The van der Waals surface area contributed by atoms with Crippen LogP contribution in [0.2, 0.25) is 5.02 Å². The first kappa shape index (κ1) is 16.5. The van der Waals surface area contributed by atoms with Crippen LogP contribution in [0.25, 0.3) is 11.1 Å². The molecule has 0 aromatic heterocycles. The van der Waals surface area contributed by atoms with E-state index in [1.54, 1.807) is 18.2 Å². The molecule has 0 radical (unpaired) electrons. The number of rotatable bonds is 4. The Kier molecular flexibility index (Phi) is 4.55. The summed E-state index contributed by atoms with van der Waals surface area (Å²) in [5.41, 5.74) is 0.558. The van der Waals surface area contributed by atoms with Gasteiger partial charge in [0.2, 0.25) is 10.0 Å². The van der Waals surface area contributed by atoms with Gasteiger partial charge < -0.3 is 5.11 Å². The first-order chi connectivity index (χ1) is 10.2. The van der Waals surface area contributed by atoms with Gasteiger partial charge in [-0.15, -0.1) is 0 Å². The normalized spacial score (nSPS) is 11.6. The molecule has 2 aromatic carbocycles. The number of benzene rings is 2. The summed E-state index contributed by atoms with van der Waals surface area (Å²) in [6.45, 7) is 0. The van der Waals surface area contributed by atoms with Crippen LogP contribution in [0.3, 0.4) is 0 Å². The summed E-state index contributed by atoms with van der Waals surface area (Å²) in [6.07, 6.45) is 0. The third kappa shape index (κ3) is 2.99. The Labute approximate surface area is 133 Å². The molecule has 2 rings (SSSR count). The van der Waals surface area contributed by atoms with E-state index in [1.807, 2.05) is 0 Å². The third-order valence-electron chi connectivity index (χ3n) is 3.15. The second-order valence-corrected chi connectivity index (χ2v) is 7.34. The fourth-order valence-electron chi connectivity index (χ4n) is 2.04. The summed E-state index contributed by atoms with van der Waals surface area (Å²) in [7, 11) is -0.876. The summed E-state index contributed by atoms with van der Waals surface area (Å²) in [6, 6.07) is 10.5. The van der Waals surface area contributed by atoms with E-state index in [1.165, 1.54) is 38.4 Å². The van der Waals surface area contributed by atoms with E-state index in [9.17, 15) is 18.3 Å². The van der Waals surface area contributed by atoms with Crippen molar-refractivity contribution in [3.8, 4) is 11.1 Å². The zero-order valence-electron chi connectivity index (χ0n) is 11.9. The molecule has 0 aliphatic rings. The summed E-state index contributed by atoms with van der Waals surface area (Å²) >= 11 is 5.95. The molecule has 22 heavy (non-hydrogen) atoms. The van der Waals surface area contributed by atoms with E-state index < -0.39 is 16.0 Å². The highest BCUT2D eigenvalue weighted by Crippen LogP contribution is 2.33. The molecule has 1 N–H and O–H groups in total. The lowest BCUT2D eigenvalue weighted by molar-refractivity contribution is 0.0697.